The molecule has 2 aliphatic heterocycles. The standard InChI is InChI=1S/C16H24N2O.ClH/c1-2-19-15-5-3-4-14(10-15)11-18-9-7-16(13-18)6-8-17-12-16;/h3-5,10,17H,2,6-9,11-13H2,1H3;1H. The molecule has 1 aromatic rings. The zero-order valence-corrected chi connectivity index (χ0v) is 13.0. The first-order valence-electron chi connectivity index (χ1n) is 7.44. The lowest BCUT2D eigenvalue weighted by Gasteiger charge is -2.23. The Hall–Kier alpha value is -0.770. The van der Waals surface area contributed by atoms with E-state index in [1.807, 2.05) is 13.0 Å². The lowest BCUT2D eigenvalue weighted by atomic mass is 9.86. The van der Waals surface area contributed by atoms with Crippen LogP contribution in [0.25, 0.3) is 0 Å². The maximum atomic E-state index is 5.58. The number of rotatable bonds is 4. The van der Waals surface area contributed by atoms with Gasteiger partial charge in [0, 0.05) is 19.6 Å². The summed E-state index contributed by atoms with van der Waals surface area (Å²) in [5.74, 6) is 0.997. The Kier molecular flexibility index (Phi) is 5.30. The van der Waals surface area contributed by atoms with Crippen LogP contribution in [0, 0.1) is 5.41 Å². The van der Waals surface area contributed by atoms with Crippen molar-refractivity contribution in [3.8, 4) is 5.75 Å². The minimum atomic E-state index is 0. The van der Waals surface area contributed by atoms with Gasteiger partial charge in [0.05, 0.1) is 6.61 Å². The first-order valence-corrected chi connectivity index (χ1v) is 7.44. The number of halogens is 1. The summed E-state index contributed by atoms with van der Waals surface area (Å²) in [5, 5.41) is 3.52. The highest BCUT2D eigenvalue weighted by atomic mass is 35.5. The predicted molar refractivity (Wildman–Crippen MR) is 84.7 cm³/mol. The van der Waals surface area contributed by atoms with Crippen LogP contribution in [0.2, 0.25) is 0 Å². The fourth-order valence-corrected chi connectivity index (χ4v) is 3.47. The molecule has 2 aliphatic rings. The van der Waals surface area contributed by atoms with Crippen molar-refractivity contribution in [1.82, 2.24) is 10.2 Å². The molecular formula is C16H25ClN2O. The van der Waals surface area contributed by atoms with Crippen LogP contribution in [0.5, 0.6) is 5.75 Å². The maximum absolute atomic E-state index is 5.58. The summed E-state index contributed by atoms with van der Waals surface area (Å²) in [7, 11) is 0. The molecule has 4 heteroatoms. The third kappa shape index (κ3) is 3.46. The van der Waals surface area contributed by atoms with Gasteiger partial charge in [0.15, 0.2) is 0 Å². The van der Waals surface area contributed by atoms with Crippen molar-refractivity contribution in [3.05, 3.63) is 29.8 Å². The van der Waals surface area contributed by atoms with E-state index in [1.165, 1.54) is 44.6 Å². The fourth-order valence-electron chi connectivity index (χ4n) is 3.47. The number of likely N-dealkylation sites (tertiary alicyclic amines) is 1. The second kappa shape index (κ2) is 6.79. The molecule has 0 amide bonds. The van der Waals surface area contributed by atoms with Gasteiger partial charge in [-0.1, -0.05) is 12.1 Å². The summed E-state index contributed by atoms with van der Waals surface area (Å²) in [4.78, 5) is 2.60. The summed E-state index contributed by atoms with van der Waals surface area (Å²) in [6, 6.07) is 8.53. The van der Waals surface area contributed by atoms with Crippen LogP contribution in [0.3, 0.4) is 0 Å². The molecule has 112 valence electrons. The molecule has 1 N–H and O–H groups in total. The second-order valence-corrected chi connectivity index (χ2v) is 5.97. The Labute approximate surface area is 128 Å². The van der Waals surface area contributed by atoms with E-state index < -0.39 is 0 Å². The number of nitrogens with one attached hydrogen (secondary N) is 1. The number of benzene rings is 1. The van der Waals surface area contributed by atoms with Gasteiger partial charge >= 0.3 is 0 Å². The first kappa shape index (κ1) is 15.6. The molecule has 0 bridgehead atoms. The lowest BCUT2D eigenvalue weighted by molar-refractivity contribution is 0.268. The van der Waals surface area contributed by atoms with E-state index >= 15 is 0 Å². The molecule has 1 unspecified atom stereocenters. The Balaban J connectivity index is 0.00000147. The molecule has 0 radical (unpaired) electrons. The molecule has 1 atom stereocenters. The van der Waals surface area contributed by atoms with Gasteiger partial charge in [0.2, 0.25) is 0 Å². The Morgan fingerprint density at radius 2 is 2.25 bits per heavy atom. The lowest BCUT2D eigenvalue weighted by Crippen LogP contribution is -2.28. The average molecular weight is 297 g/mol. The molecule has 2 saturated heterocycles. The monoisotopic (exact) mass is 296 g/mol. The smallest absolute Gasteiger partial charge is 0.119 e. The zero-order valence-electron chi connectivity index (χ0n) is 12.2. The van der Waals surface area contributed by atoms with E-state index in [0.29, 0.717) is 5.41 Å². The summed E-state index contributed by atoms with van der Waals surface area (Å²) >= 11 is 0. The summed E-state index contributed by atoms with van der Waals surface area (Å²) < 4.78 is 5.58. The van der Waals surface area contributed by atoms with Crippen molar-refractivity contribution in [2.24, 2.45) is 5.41 Å². The molecule has 1 aromatic carbocycles. The quantitative estimate of drug-likeness (QED) is 0.924. The molecule has 1 spiro atoms. The Bertz CT molecular complexity index is 432. The number of nitrogens with zero attached hydrogens (tertiary/aromatic N) is 1. The van der Waals surface area contributed by atoms with E-state index in [-0.39, 0.29) is 12.4 Å². The van der Waals surface area contributed by atoms with Crippen LogP contribution in [0.1, 0.15) is 25.3 Å². The third-order valence-electron chi connectivity index (χ3n) is 4.47. The number of hydrogen-bond donors (Lipinski definition) is 1. The minimum Gasteiger partial charge on any atom is -0.494 e. The van der Waals surface area contributed by atoms with Crippen molar-refractivity contribution < 1.29 is 4.74 Å². The SMILES string of the molecule is CCOc1cccc(CN2CCC3(CCNC3)C2)c1.Cl. The third-order valence-corrected chi connectivity index (χ3v) is 4.47. The van der Waals surface area contributed by atoms with E-state index in [1.54, 1.807) is 0 Å². The zero-order chi connectivity index (χ0) is 13.1. The van der Waals surface area contributed by atoms with Crippen molar-refractivity contribution >= 4 is 12.4 Å². The molecule has 2 heterocycles. The van der Waals surface area contributed by atoms with Gasteiger partial charge < -0.3 is 10.1 Å². The molecule has 2 fully saturated rings. The van der Waals surface area contributed by atoms with E-state index in [9.17, 15) is 0 Å². The van der Waals surface area contributed by atoms with E-state index in [0.717, 1.165) is 18.9 Å². The summed E-state index contributed by atoms with van der Waals surface area (Å²) in [5.41, 5.74) is 1.94. The van der Waals surface area contributed by atoms with Crippen LogP contribution in [-0.2, 0) is 6.54 Å². The maximum Gasteiger partial charge on any atom is 0.119 e. The van der Waals surface area contributed by atoms with E-state index in [2.05, 4.69) is 28.4 Å². The Morgan fingerprint density at radius 1 is 1.35 bits per heavy atom. The van der Waals surface area contributed by atoms with Crippen LogP contribution >= 0.6 is 12.4 Å². The molecule has 0 aromatic heterocycles. The topological polar surface area (TPSA) is 24.5 Å². The van der Waals surface area contributed by atoms with Crippen LogP contribution in [0.4, 0.5) is 0 Å². The number of hydrogen-bond acceptors (Lipinski definition) is 3. The highest BCUT2D eigenvalue weighted by Gasteiger charge is 2.39. The molecule has 20 heavy (non-hydrogen) atoms. The van der Waals surface area contributed by atoms with Crippen molar-refractivity contribution in [2.45, 2.75) is 26.3 Å². The van der Waals surface area contributed by atoms with Crippen molar-refractivity contribution in [3.63, 3.8) is 0 Å². The van der Waals surface area contributed by atoms with Crippen molar-refractivity contribution in [1.29, 1.82) is 0 Å². The number of ether oxygens (including phenoxy) is 1. The minimum absolute atomic E-state index is 0. The van der Waals surface area contributed by atoms with Gasteiger partial charge in [-0.3, -0.25) is 4.90 Å². The van der Waals surface area contributed by atoms with E-state index in [4.69, 9.17) is 4.74 Å². The van der Waals surface area contributed by atoms with Gasteiger partial charge in [-0.2, -0.15) is 0 Å². The molecule has 3 rings (SSSR count). The molecule has 3 nitrogen and oxygen atoms in total. The normalized spacial score (nSPS) is 25.9. The largest absolute Gasteiger partial charge is 0.494 e. The van der Waals surface area contributed by atoms with Crippen LogP contribution in [0.15, 0.2) is 24.3 Å². The Morgan fingerprint density at radius 3 is 3.00 bits per heavy atom. The molecule has 0 aliphatic carbocycles. The van der Waals surface area contributed by atoms with Gasteiger partial charge in [0.25, 0.3) is 0 Å². The highest BCUT2D eigenvalue weighted by Crippen LogP contribution is 2.36. The van der Waals surface area contributed by atoms with Crippen LogP contribution < -0.4 is 10.1 Å². The van der Waals surface area contributed by atoms with Gasteiger partial charge in [-0.25, -0.2) is 0 Å². The van der Waals surface area contributed by atoms with Crippen LogP contribution in [-0.4, -0.2) is 37.7 Å². The van der Waals surface area contributed by atoms with Gasteiger partial charge in [-0.15, -0.1) is 12.4 Å². The van der Waals surface area contributed by atoms with Crippen molar-refractivity contribution in [2.75, 3.05) is 32.8 Å². The summed E-state index contributed by atoms with van der Waals surface area (Å²) in [6.07, 6.45) is 2.70. The summed E-state index contributed by atoms with van der Waals surface area (Å²) in [6.45, 7) is 8.73. The highest BCUT2D eigenvalue weighted by molar-refractivity contribution is 5.85. The van der Waals surface area contributed by atoms with Gasteiger partial charge in [0.1, 0.15) is 5.75 Å². The predicted octanol–water partition coefficient (Wildman–Crippen LogP) is 2.69. The fraction of sp³-hybridized carbons (Fsp3) is 0.625. The second-order valence-electron chi connectivity index (χ2n) is 5.97. The molecular weight excluding hydrogens is 272 g/mol. The first-order chi connectivity index (χ1) is 9.30. The van der Waals surface area contributed by atoms with Gasteiger partial charge in [-0.05, 0) is 56.0 Å². The molecule has 0 saturated carbocycles. The average Bonchev–Trinajstić information content (AvgIpc) is 3.02.